The Morgan fingerprint density at radius 3 is 2.95 bits per heavy atom. The molecule has 1 aromatic carbocycles. The molecular formula is C16H23ClN2O. The zero-order chi connectivity index (χ0) is 13.9. The number of aliphatic hydroxyl groups excluding tert-OH is 1. The summed E-state index contributed by atoms with van der Waals surface area (Å²) in [5.41, 5.74) is 0.820. The first-order valence-electron chi connectivity index (χ1n) is 7.65. The topological polar surface area (TPSA) is 35.5 Å². The number of hydrogen-bond donors (Lipinski definition) is 2. The maximum atomic E-state index is 10.3. The fraction of sp³-hybridized carbons (Fsp3) is 0.625. The maximum absolute atomic E-state index is 10.3. The van der Waals surface area contributed by atoms with E-state index < -0.39 is 6.10 Å². The molecule has 0 saturated carbocycles. The fourth-order valence-corrected chi connectivity index (χ4v) is 3.87. The zero-order valence-corrected chi connectivity index (χ0v) is 12.5. The van der Waals surface area contributed by atoms with Gasteiger partial charge in [0.2, 0.25) is 0 Å². The molecule has 4 heteroatoms. The van der Waals surface area contributed by atoms with E-state index in [2.05, 4.69) is 10.2 Å². The average molecular weight is 295 g/mol. The molecule has 20 heavy (non-hydrogen) atoms. The van der Waals surface area contributed by atoms with Gasteiger partial charge in [-0.25, -0.2) is 0 Å². The Bertz CT molecular complexity index is 454. The van der Waals surface area contributed by atoms with E-state index in [1.54, 1.807) is 0 Å². The van der Waals surface area contributed by atoms with Crippen LogP contribution in [0.1, 0.15) is 37.4 Å². The molecule has 0 aromatic heterocycles. The molecule has 2 N–H and O–H groups in total. The Morgan fingerprint density at radius 1 is 1.25 bits per heavy atom. The van der Waals surface area contributed by atoms with Crippen molar-refractivity contribution in [3.8, 4) is 0 Å². The van der Waals surface area contributed by atoms with Gasteiger partial charge >= 0.3 is 0 Å². The van der Waals surface area contributed by atoms with Gasteiger partial charge in [0.15, 0.2) is 0 Å². The number of fused-ring (bicyclic) bond motifs is 1. The van der Waals surface area contributed by atoms with Crippen molar-refractivity contribution in [1.29, 1.82) is 0 Å². The van der Waals surface area contributed by atoms with Crippen molar-refractivity contribution in [2.45, 2.75) is 43.9 Å². The summed E-state index contributed by atoms with van der Waals surface area (Å²) in [6, 6.07) is 8.73. The summed E-state index contributed by atoms with van der Waals surface area (Å²) in [4.78, 5) is 2.60. The van der Waals surface area contributed by atoms with Crippen LogP contribution in [0.15, 0.2) is 24.3 Å². The first-order chi connectivity index (χ1) is 9.75. The third-order valence-corrected chi connectivity index (χ3v) is 5.04. The lowest BCUT2D eigenvalue weighted by Crippen LogP contribution is -2.45. The Labute approximate surface area is 125 Å². The molecule has 1 aromatic rings. The highest BCUT2D eigenvalue weighted by atomic mass is 35.5. The van der Waals surface area contributed by atoms with Crippen LogP contribution in [0.25, 0.3) is 0 Å². The highest BCUT2D eigenvalue weighted by Gasteiger charge is 2.35. The van der Waals surface area contributed by atoms with Gasteiger partial charge in [0.25, 0.3) is 0 Å². The van der Waals surface area contributed by atoms with Crippen molar-refractivity contribution >= 4 is 11.6 Å². The summed E-state index contributed by atoms with van der Waals surface area (Å²) < 4.78 is 0. The van der Waals surface area contributed by atoms with Crippen molar-refractivity contribution < 1.29 is 5.11 Å². The number of aliphatic hydroxyl groups is 1. The van der Waals surface area contributed by atoms with E-state index in [0.29, 0.717) is 23.7 Å². The molecule has 0 aliphatic carbocycles. The molecule has 2 saturated heterocycles. The Kier molecular flexibility index (Phi) is 4.61. The number of halogens is 1. The highest BCUT2D eigenvalue weighted by molar-refractivity contribution is 6.31. The molecule has 0 amide bonds. The molecule has 110 valence electrons. The Hall–Kier alpha value is -0.610. The van der Waals surface area contributed by atoms with E-state index in [9.17, 15) is 5.11 Å². The average Bonchev–Trinajstić information content (AvgIpc) is 2.88. The predicted molar refractivity (Wildman–Crippen MR) is 82.0 cm³/mol. The zero-order valence-electron chi connectivity index (χ0n) is 11.8. The third kappa shape index (κ3) is 3.01. The Morgan fingerprint density at radius 2 is 2.10 bits per heavy atom. The van der Waals surface area contributed by atoms with E-state index in [4.69, 9.17) is 11.6 Å². The molecule has 0 bridgehead atoms. The molecule has 0 spiro atoms. The van der Waals surface area contributed by atoms with Gasteiger partial charge in [-0.15, -0.1) is 0 Å². The van der Waals surface area contributed by atoms with E-state index in [0.717, 1.165) is 5.56 Å². The summed E-state index contributed by atoms with van der Waals surface area (Å²) >= 11 is 6.13. The van der Waals surface area contributed by atoms with Gasteiger partial charge in [-0.1, -0.05) is 36.2 Å². The van der Waals surface area contributed by atoms with Gasteiger partial charge in [-0.05, 0) is 31.9 Å². The van der Waals surface area contributed by atoms with Crippen molar-refractivity contribution in [2.75, 3.05) is 19.6 Å². The van der Waals surface area contributed by atoms with Crippen LogP contribution in [-0.2, 0) is 0 Å². The van der Waals surface area contributed by atoms with Crippen molar-refractivity contribution in [1.82, 2.24) is 10.2 Å². The molecule has 2 fully saturated rings. The number of benzene rings is 1. The quantitative estimate of drug-likeness (QED) is 0.896. The summed E-state index contributed by atoms with van der Waals surface area (Å²) in [6.45, 7) is 3.03. The van der Waals surface area contributed by atoms with Crippen LogP contribution in [0.3, 0.4) is 0 Å². The highest BCUT2D eigenvalue weighted by Crippen LogP contribution is 2.28. The lowest BCUT2D eigenvalue weighted by molar-refractivity contribution is 0.151. The number of rotatable bonds is 4. The molecule has 2 aliphatic rings. The largest absolute Gasteiger partial charge is 0.387 e. The van der Waals surface area contributed by atoms with E-state index in [1.165, 1.54) is 38.8 Å². The van der Waals surface area contributed by atoms with Crippen molar-refractivity contribution in [2.24, 2.45) is 0 Å². The maximum Gasteiger partial charge on any atom is 0.0928 e. The van der Waals surface area contributed by atoms with Crippen LogP contribution in [-0.4, -0.2) is 41.7 Å². The lowest BCUT2D eigenvalue weighted by Gasteiger charge is -2.33. The lowest BCUT2D eigenvalue weighted by atomic mass is 9.98. The van der Waals surface area contributed by atoms with Gasteiger partial charge in [0.1, 0.15) is 0 Å². The second-order valence-electron chi connectivity index (χ2n) is 5.94. The van der Waals surface area contributed by atoms with Gasteiger partial charge in [0.05, 0.1) is 6.10 Å². The minimum atomic E-state index is -0.527. The predicted octanol–water partition coefficient (Wildman–Crippen LogP) is 2.59. The summed E-state index contributed by atoms with van der Waals surface area (Å²) in [6.07, 6.45) is 4.64. The summed E-state index contributed by atoms with van der Waals surface area (Å²) in [5.74, 6) is 0. The normalized spacial score (nSPS) is 28.3. The van der Waals surface area contributed by atoms with Crippen LogP contribution in [0, 0.1) is 0 Å². The van der Waals surface area contributed by atoms with Crippen molar-refractivity contribution in [3.63, 3.8) is 0 Å². The van der Waals surface area contributed by atoms with Crippen LogP contribution in [0.2, 0.25) is 5.02 Å². The summed E-state index contributed by atoms with van der Waals surface area (Å²) in [7, 11) is 0. The number of nitrogens with zero attached hydrogens (tertiary/aromatic N) is 1. The van der Waals surface area contributed by atoms with E-state index >= 15 is 0 Å². The third-order valence-electron chi connectivity index (χ3n) is 4.69. The second-order valence-corrected chi connectivity index (χ2v) is 6.35. The van der Waals surface area contributed by atoms with Gasteiger partial charge < -0.3 is 10.4 Å². The number of nitrogens with one attached hydrogen (secondary N) is 1. The van der Waals surface area contributed by atoms with E-state index in [1.807, 2.05) is 24.3 Å². The molecule has 3 atom stereocenters. The standard InChI is InChI=1S/C16H23ClN2O/c17-13-6-2-1-5-12(13)16(20)11-18-14-8-10-19-9-4-3-7-15(14)19/h1-2,5-6,14-16,18,20H,3-4,7-11H2. The first-order valence-corrected chi connectivity index (χ1v) is 8.03. The minimum Gasteiger partial charge on any atom is -0.387 e. The summed E-state index contributed by atoms with van der Waals surface area (Å²) in [5, 5.41) is 14.5. The van der Waals surface area contributed by atoms with Crippen LogP contribution >= 0.6 is 11.6 Å². The van der Waals surface area contributed by atoms with Crippen LogP contribution in [0.4, 0.5) is 0 Å². The number of piperidine rings is 1. The smallest absolute Gasteiger partial charge is 0.0928 e. The van der Waals surface area contributed by atoms with Crippen molar-refractivity contribution in [3.05, 3.63) is 34.9 Å². The van der Waals surface area contributed by atoms with Gasteiger partial charge in [0, 0.05) is 35.8 Å². The van der Waals surface area contributed by atoms with Crippen LogP contribution < -0.4 is 5.32 Å². The first kappa shape index (κ1) is 14.3. The molecule has 2 heterocycles. The molecule has 3 rings (SSSR count). The number of hydrogen-bond acceptors (Lipinski definition) is 3. The van der Waals surface area contributed by atoms with E-state index in [-0.39, 0.29) is 0 Å². The SMILES string of the molecule is OC(CNC1CCN2CCCCC12)c1ccccc1Cl. The van der Waals surface area contributed by atoms with Crippen LogP contribution in [0.5, 0.6) is 0 Å². The molecule has 3 unspecified atom stereocenters. The second kappa shape index (κ2) is 6.44. The van der Waals surface area contributed by atoms with Gasteiger partial charge in [-0.3, -0.25) is 4.90 Å². The van der Waals surface area contributed by atoms with Gasteiger partial charge in [-0.2, -0.15) is 0 Å². The molecular weight excluding hydrogens is 272 g/mol. The molecule has 2 aliphatic heterocycles. The Balaban J connectivity index is 1.56. The fourth-order valence-electron chi connectivity index (χ4n) is 3.60. The monoisotopic (exact) mass is 294 g/mol. The molecule has 3 nitrogen and oxygen atoms in total. The molecule has 0 radical (unpaired) electrons. The minimum absolute atomic E-state index is 0.521.